The van der Waals surface area contributed by atoms with E-state index in [0.717, 1.165) is 43.8 Å². The first-order valence-electron chi connectivity index (χ1n) is 9.49. The number of ether oxygens (including phenoxy) is 1. The standard InChI is InChI=1S/C21H28N2O3/c1-4-19-20(15(2)26-22-19)21(24)23-13-5-6-17(14-23)8-7-16-9-11-18(25-3)12-10-16/h9-12,17H,4-8,13-14H2,1-3H3. The molecule has 1 aromatic carbocycles. The van der Waals surface area contributed by atoms with Crippen LogP contribution in [0.1, 0.15) is 53.6 Å². The molecule has 0 N–H and O–H groups in total. The number of nitrogens with zero attached hydrogens (tertiary/aromatic N) is 2. The van der Waals surface area contributed by atoms with Gasteiger partial charge in [0.05, 0.1) is 12.8 Å². The molecule has 0 bridgehead atoms. The van der Waals surface area contributed by atoms with Crippen molar-refractivity contribution >= 4 is 5.91 Å². The molecule has 5 nitrogen and oxygen atoms in total. The number of benzene rings is 1. The lowest BCUT2D eigenvalue weighted by Crippen LogP contribution is -2.40. The van der Waals surface area contributed by atoms with Gasteiger partial charge in [0, 0.05) is 13.1 Å². The monoisotopic (exact) mass is 356 g/mol. The van der Waals surface area contributed by atoms with Gasteiger partial charge in [-0.1, -0.05) is 24.2 Å². The normalized spacial score (nSPS) is 17.3. The summed E-state index contributed by atoms with van der Waals surface area (Å²) >= 11 is 0. The van der Waals surface area contributed by atoms with Gasteiger partial charge in [0.25, 0.3) is 5.91 Å². The molecule has 0 aliphatic carbocycles. The van der Waals surface area contributed by atoms with Crippen LogP contribution in [-0.2, 0) is 12.8 Å². The minimum atomic E-state index is 0.0785. The summed E-state index contributed by atoms with van der Waals surface area (Å²) in [5.74, 6) is 2.14. The first-order chi connectivity index (χ1) is 12.6. The van der Waals surface area contributed by atoms with Crippen LogP contribution in [0.2, 0.25) is 0 Å². The van der Waals surface area contributed by atoms with Crippen LogP contribution in [0.5, 0.6) is 5.75 Å². The van der Waals surface area contributed by atoms with E-state index in [1.807, 2.05) is 30.9 Å². The van der Waals surface area contributed by atoms with Crippen molar-refractivity contribution < 1.29 is 14.1 Å². The highest BCUT2D eigenvalue weighted by atomic mass is 16.5. The zero-order chi connectivity index (χ0) is 18.5. The van der Waals surface area contributed by atoms with Crippen LogP contribution in [0.4, 0.5) is 0 Å². The van der Waals surface area contributed by atoms with Gasteiger partial charge in [-0.3, -0.25) is 4.79 Å². The second-order valence-electron chi connectivity index (χ2n) is 7.06. The van der Waals surface area contributed by atoms with Crippen molar-refractivity contribution in [1.82, 2.24) is 10.1 Å². The predicted octanol–water partition coefficient (Wildman–Crippen LogP) is 4.04. The largest absolute Gasteiger partial charge is 0.497 e. The van der Waals surface area contributed by atoms with Crippen molar-refractivity contribution in [2.75, 3.05) is 20.2 Å². The maximum absolute atomic E-state index is 13.0. The summed E-state index contributed by atoms with van der Waals surface area (Å²) in [7, 11) is 1.68. The van der Waals surface area contributed by atoms with E-state index in [2.05, 4.69) is 17.3 Å². The number of hydrogen-bond donors (Lipinski definition) is 0. The lowest BCUT2D eigenvalue weighted by molar-refractivity contribution is 0.0665. The number of methoxy groups -OCH3 is 1. The topological polar surface area (TPSA) is 55.6 Å². The van der Waals surface area contributed by atoms with E-state index in [1.54, 1.807) is 7.11 Å². The van der Waals surface area contributed by atoms with Crippen LogP contribution < -0.4 is 4.74 Å². The Morgan fingerprint density at radius 2 is 2.12 bits per heavy atom. The zero-order valence-electron chi connectivity index (χ0n) is 16.0. The number of carbonyl (C=O) groups excluding carboxylic acids is 1. The van der Waals surface area contributed by atoms with Gasteiger partial charge in [-0.05, 0) is 62.6 Å². The summed E-state index contributed by atoms with van der Waals surface area (Å²) in [6, 6.07) is 8.26. The molecule has 0 spiro atoms. The van der Waals surface area contributed by atoms with Gasteiger partial charge in [0.2, 0.25) is 0 Å². The van der Waals surface area contributed by atoms with E-state index in [0.29, 0.717) is 23.7 Å². The van der Waals surface area contributed by atoms with Gasteiger partial charge < -0.3 is 14.2 Å². The van der Waals surface area contributed by atoms with E-state index in [4.69, 9.17) is 9.26 Å². The van der Waals surface area contributed by atoms with Gasteiger partial charge in [-0.15, -0.1) is 0 Å². The molecular weight excluding hydrogens is 328 g/mol. The number of likely N-dealkylation sites (tertiary alicyclic amines) is 1. The Morgan fingerprint density at radius 3 is 2.81 bits per heavy atom. The van der Waals surface area contributed by atoms with Crippen LogP contribution in [0.3, 0.4) is 0 Å². The third kappa shape index (κ3) is 4.09. The molecule has 1 atom stereocenters. The maximum Gasteiger partial charge on any atom is 0.259 e. The molecule has 1 aromatic heterocycles. The Hall–Kier alpha value is -2.30. The smallest absolute Gasteiger partial charge is 0.259 e. The van der Waals surface area contributed by atoms with Crippen molar-refractivity contribution in [2.45, 2.75) is 46.0 Å². The number of aromatic nitrogens is 1. The molecule has 26 heavy (non-hydrogen) atoms. The van der Waals surface area contributed by atoms with Gasteiger partial charge in [-0.2, -0.15) is 0 Å². The third-order valence-electron chi connectivity index (χ3n) is 5.29. The molecule has 1 amide bonds. The first-order valence-corrected chi connectivity index (χ1v) is 9.49. The molecule has 140 valence electrons. The van der Waals surface area contributed by atoms with Gasteiger partial charge >= 0.3 is 0 Å². The molecule has 0 saturated carbocycles. The van der Waals surface area contributed by atoms with Crippen LogP contribution >= 0.6 is 0 Å². The summed E-state index contributed by atoms with van der Waals surface area (Å²) in [6.45, 7) is 5.47. The fourth-order valence-electron chi connectivity index (χ4n) is 3.74. The average molecular weight is 356 g/mol. The van der Waals surface area contributed by atoms with Crippen molar-refractivity contribution in [2.24, 2.45) is 5.92 Å². The molecule has 1 unspecified atom stereocenters. The third-order valence-corrected chi connectivity index (χ3v) is 5.29. The first kappa shape index (κ1) is 18.5. The van der Waals surface area contributed by atoms with E-state index in [1.165, 1.54) is 12.0 Å². The Morgan fingerprint density at radius 1 is 1.35 bits per heavy atom. The Bertz CT molecular complexity index is 736. The Balaban J connectivity index is 1.59. The second-order valence-corrected chi connectivity index (χ2v) is 7.06. The van der Waals surface area contributed by atoms with Crippen molar-refractivity contribution in [3.63, 3.8) is 0 Å². The Labute approximate surface area is 155 Å². The maximum atomic E-state index is 13.0. The average Bonchev–Trinajstić information content (AvgIpc) is 3.07. The summed E-state index contributed by atoms with van der Waals surface area (Å²) in [6.07, 6.45) is 5.09. The number of aryl methyl sites for hydroxylation is 3. The van der Waals surface area contributed by atoms with Crippen LogP contribution in [0.15, 0.2) is 28.8 Å². The van der Waals surface area contributed by atoms with Crippen LogP contribution in [-0.4, -0.2) is 36.2 Å². The molecule has 1 saturated heterocycles. The highest BCUT2D eigenvalue weighted by Gasteiger charge is 2.28. The van der Waals surface area contributed by atoms with Crippen LogP contribution in [0, 0.1) is 12.8 Å². The fourth-order valence-corrected chi connectivity index (χ4v) is 3.74. The summed E-state index contributed by atoms with van der Waals surface area (Å²) < 4.78 is 10.5. The SMILES string of the molecule is CCc1noc(C)c1C(=O)N1CCCC(CCc2ccc(OC)cc2)C1. The quantitative estimate of drug-likeness (QED) is 0.784. The molecule has 1 fully saturated rings. The predicted molar refractivity (Wildman–Crippen MR) is 101 cm³/mol. The highest BCUT2D eigenvalue weighted by Crippen LogP contribution is 2.25. The number of piperidine rings is 1. The number of hydrogen-bond acceptors (Lipinski definition) is 4. The summed E-state index contributed by atoms with van der Waals surface area (Å²) in [5.41, 5.74) is 2.76. The molecule has 2 heterocycles. The number of carbonyl (C=O) groups is 1. The van der Waals surface area contributed by atoms with Gasteiger partial charge in [0.1, 0.15) is 17.1 Å². The van der Waals surface area contributed by atoms with Gasteiger partial charge in [0.15, 0.2) is 0 Å². The van der Waals surface area contributed by atoms with E-state index in [9.17, 15) is 4.79 Å². The summed E-state index contributed by atoms with van der Waals surface area (Å²) in [5, 5.41) is 4.03. The number of amides is 1. The second kappa shape index (κ2) is 8.39. The molecule has 2 aromatic rings. The molecular formula is C21H28N2O3. The van der Waals surface area contributed by atoms with Crippen molar-refractivity contribution in [3.05, 3.63) is 46.8 Å². The molecule has 1 aliphatic rings. The minimum absolute atomic E-state index is 0.0785. The molecule has 0 radical (unpaired) electrons. The molecule has 5 heteroatoms. The molecule has 3 rings (SSSR count). The van der Waals surface area contributed by atoms with E-state index in [-0.39, 0.29) is 5.91 Å². The number of rotatable bonds is 6. The van der Waals surface area contributed by atoms with Gasteiger partial charge in [-0.25, -0.2) is 0 Å². The van der Waals surface area contributed by atoms with E-state index < -0.39 is 0 Å². The highest BCUT2D eigenvalue weighted by molar-refractivity contribution is 5.96. The Kier molecular flexibility index (Phi) is 5.96. The molecule has 1 aliphatic heterocycles. The van der Waals surface area contributed by atoms with E-state index >= 15 is 0 Å². The van der Waals surface area contributed by atoms with Crippen molar-refractivity contribution in [1.29, 1.82) is 0 Å². The fraction of sp³-hybridized carbons (Fsp3) is 0.524. The lowest BCUT2D eigenvalue weighted by Gasteiger charge is -2.33. The zero-order valence-corrected chi connectivity index (χ0v) is 16.0. The van der Waals surface area contributed by atoms with Crippen LogP contribution in [0.25, 0.3) is 0 Å². The summed E-state index contributed by atoms with van der Waals surface area (Å²) in [4.78, 5) is 15.0. The van der Waals surface area contributed by atoms with Crippen molar-refractivity contribution in [3.8, 4) is 5.75 Å². The minimum Gasteiger partial charge on any atom is -0.497 e. The lowest BCUT2D eigenvalue weighted by atomic mass is 9.91.